The molecule has 0 radical (unpaired) electrons. The zero-order valence-corrected chi connectivity index (χ0v) is 13.9. The minimum atomic E-state index is -0.582. The van der Waals surface area contributed by atoms with E-state index >= 15 is 0 Å². The predicted molar refractivity (Wildman–Crippen MR) is 93.1 cm³/mol. The second-order valence-corrected chi connectivity index (χ2v) is 6.35. The fourth-order valence-electron chi connectivity index (χ4n) is 2.99. The van der Waals surface area contributed by atoms with Crippen molar-refractivity contribution in [3.05, 3.63) is 59.1 Å². The van der Waals surface area contributed by atoms with Gasteiger partial charge < -0.3 is 10.0 Å². The van der Waals surface area contributed by atoms with E-state index in [2.05, 4.69) is 0 Å². The Morgan fingerprint density at radius 2 is 1.88 bits per heavy atom. The first-order chi connectivity index (χ1) is 11.6. The van der Waals surface area contributed by atoms with Crippen LogP contribution in [0.15, 0.2) is 48.5 Å². The number of rotatable bonds is 4. The van der Waals surface area contributed by atoms with Crippen LogP contribution < -0.4 is 4.90 Å². The van der Waals surface area contributed by atoms with Crippen molar-refractivity contribution in [1.29, 1.82) is 0 Å². The van der Waals surface area contributed by atoms with Crippen molar-refractivity contribution in [2.75, 3.05) is 4.90 Å². The molecular formula is C19H18ClNO3. The van der Waals surface area contributed by atoms with Crippen molar-refractivity contribution in [1.82, 2.24) is 0 Å². The van der Waals surface area contributed by atoms with E-state index in [1.807, 2.05) is 18.2 Å². The lowest BCUT2D eigenvalue weighted by Gasteiger charge is -2.26. The molecule has 1 fully saturated rings. The van der Waals surface area contributed by atoms with Crippen LogP contribution in [0.4, 0.5) is 5.69 Å². The molecule has 1 unspecified atom stereocenters. The Kier molecular flexibility index (Phi) is 4.86. The fraction of sp³-hybridized carbons (Fsp3) is 0.263. The molecule has 0 spiro atoms. The maximum atomic E-state index is 13.0. The number of benzene rings is 2. The minimum absolute atomic E-state index is 0.00272. The smallest absolute Gasteiger partial charge is 0.237 e. The highest BCUT2D eigenvalue weighted by atomic mass is 35.5. The molecule has 5 heteroatoms. The van der Waals surface area contributed by atoms with Crippen molar-refractivity contribution in [2.24, 2.45) is 5.92 Å². The molecule has 2 aromatic carbocycles. The molecule has 1 aliphatic rings. The fourth-order valence-corrected chi connectivity index (χ4v) is 3.19. The van der Waals surface area contributed by atoms with E-state index in [9.17, 15) is 14.7 Å². The number of amides is 1. The van der Waals surface area contributed by atoms with E-state index in [4.69, 9.17) is 11.6 Å². The third kappa shape index (κ3) is 3.44. The summed E-state index contributed by atoms with van der Waals surface area (Å²) < 4.78 is 0. The Hall–Kier alpha value is -2.33. The summed E-state index contributed by atoms with van der Waals surface area (Å²) in [6, 6.07) is 13.7. The predicted octanol–water partition coefficient (Wildman–Crippen LogP) is 3.95. The molecule has 1 amide bonds. The van der Waals surface area contributed by atoms with E-state index in [1.165, 1.54) is 12.1 Å². The van der Waals surface area contributed by atoms with Crippen LogP contribution in [0, 0.1) is 5.92 Å². The number of Topliss-reactive ketones (excluding diaryl/α,β-unsaturated/α-hetero) is 1. The highest BCUT2D eigenvalue weighted by Gasteiger charge is 2.34. The largest absolute Gasteiger partial charge is 0.508 e. The van der Waals surface area contributed by atoms with Gasteiger partial charge in [-0.15, -0.1) is 0 Å². The Bertz CT molecular complexity index is 757. The SMILES string of the molecule is O=C1CCCC1C(=O)N(Cc1ccccc1Cl)c1ccc(O)cc1. The number of carbonyl (C=O) groups is 2. The lowest BCUT2D eigenvalue weighted by molar-refractivity contribution is -0.130. The molecule has 0 aromatic heterocycles. The van der Waals surface area contributed by atoms with Gasteiger partial charge in [0.2, 0.25) is 5.91 Å². The molecule has 3 rings (SSSR count). The average molecular weight is 344 g/mol. The molecule has 1 atom stereocenters. The topological polar surface area (TPSA) is 57.6 Å². The summed E-state index contributed by atoms with van der Waals surface area (Å²) in [5.41, 5.74) is 1.45. The van der Waals surface area contributed by atoms with Gasteiger partial charge >= 0.3 is 0 Å². The van der Waals surface area contributed by atoms with Gasteiger partial charge in [-0.05, 0) is 48.7 Å². The molecule has 1 saturated carbocycles. The molecule has 1 N–H and O–H groups in total. The van der Waals surface area contributed by atoms with Gasteiger partial charge in [0.05, 0.1) is 12.5 Å². The third-order valence-electron chi connectivity index (χ3n) is 4.32. The van der Waals surface area contributed by atoms with Crippen LogP contribution in [-0.2, 0) is 16.1 Å². The molecule has 124 valence electrons. The Balaban J connectivity index is 1.94. The van der Waals surface area contributed by atoms with Gasteiger partial charge in [0.15, 0.2) is 0 Å². The monoisotopic (exact) mass is 343 g/mol. The molecule has 1 aliphatic carbocycles. The van der Waals surface area contributed by atoms with E-state index in [0.717, 1.165) is 12.0 Å². The van der Waals surface area contributed by atoms with Crippen LogP contribution in [-0.4, -0.2) is 16.8 Å². The van der Waals surface area contributed by atoms with Crippen LogP contribution in [0.5, 0.6) is 5.75 Å². The molecule has 24 heavy (non-hydrogen) atoms. The summed E-state index contributed by atoms with van der Waals surface area (Å²) in [5.74, 6) is -0.659. The van der Waals surface area contributed by atoms with Crippen LogP contribution in [0.25, 0.3) is 0 Å². The van der Waals surface area contributed by atoms with Crippen molar-refractivity contribution >= 4 is 29.0 Å². The first-order valence-corrected chi connectivity index (χ1v) is 8.30. The van der Waals surface area contributed by atoms with Crippen LogP contribution in [0.2, 0.25) is 5.02 Å². The van der Waals surface area contributed by atoms with Crippen molar-refractivity contribution in [3.8, 4) is 5.75 Å². The molecule has 0 heterocycles. The van der Waals surface area contributed by atoms with Crippen LogP contribution >= 0.6 is 11.6 Å². The number of hydrogen-bond acceptors (Lipinski definition) is 3. The summed E-state index contributed by atoms with van der Waals surface area (Å²) >= 11 is 6.23. The molecule has 2 aromatic rings. The average Bonchev–Trinajstić information content (AvgIpc) is 3.01. The standard InChI is InChI=1S/C19H18ClNO3/c20-17-6-2-1-4-13(17)12-21(14-8-10-15(22)11-9-14)19(24)16-5-3-7-18(16)23/h1-2,4,6,8-11,16,22H,3,5,7,12H2. The summed E-state index contributed by atoms with van der Waals surface area (Å²) in [5, 5.41) is 10.1. The number of anilines is 1. The highest BCUT2D eigenvalue weighted by molar-refractivity contribution is 6.31. The summed E-state index contributed by atoms with van der Waals surface area (Å²) in [7, 11) is 0. The summed E-state index contributed by atoms with van der Waals surface area (Å²) in [6.07, 6.45) is 1.81. The van der Waals surface area contributed by atoms with Crippen molar-refractivity contribution < 1.29 is 14.7 Å². The van der Waals surface area contributed by atoms with Crippen molar-refractivity contribution in [3.63, 3.8) is 0 Å². The molecule has 0 aliphatic heterocycles. The Morgan fingerprint density at radius 3 is 2.50 bits per heavy atom. The second-order valence-electron chi connectivity index (χ2n) is 5.94. The number of halogens is 1. The Morgan fingerprint density at radius 1 is 1.17 bits per heavy atom. The third-order valence-corrected chi connectivity index (χ3v) is 4.69. The minimum Gasteiger partial charge on any atom is -0.508 e. The van der Waals surface area contributed by atoms with E-state index in [1.54, 1.807) is 23.1 Å². The van der Waals surface area contributed by atoms with E-state index < -0.39 is 5.92 Å². The van der Waals surface area contributed by atoms with Crippen LogP contribution in [0.1, 0.15) is 24.8 Å². The van der Waals surface area contributed by atoms with Gasteiger partial charge in [0.25, 0.3) is 0 Å². The number of ketones is 1. The summed E-state index contributed by atoms with van der Waals surface area (Å²) in [4.78, 5) is 26.5. The normalized spacial score (nSPS) is 17.0. The molecule has 0 bridgehead atoms. The van der Waals surface area contributed by atoms with Gasteiger partial charge in [-0.1, -0.05) is 29.8 Å². The van der Waals surface area contributed by atoms with Gasteiger partial charge in [0, 0.05) is 17.1 Å². The second kappa shape index (κ2) is 7.05. The number of aromatic hydroxyl groups is 1. The number of nitrogens with zero attached hydrogens (tertiary/aromatic N) is 1. The van der Waals surface area contributed by atoms with Crippen molar-refractivity contribution in [2.45, 2.75) is 25.8 Å². The molecule has 0 saturated heterocycles. The Labute approximate surface area is 145 Å². The van der Waals surface area contributed by atoms with E-state index in [0.29, 0.717) is 23.6 Å². The quantitative estimate of drug-likeness (QED) is 0.855. The van der Waals surface area contributed by atoms with Gasteiger partial charge in [-0.25, -0.2) is 0 Å². The van der Waals surface area contributed by atoms with E-state index in [-0.39, 0.29) is 24.0 Å². The van der Waals surface area contributed by atoms with Gasteiger partial charge in [-0.3, -0.25) is 9.59 Å². The number of phenols is 1. The maximum absolute atomic E-state index is 13.0. The first-order valence-electron chi connectivity index (χ1n) is 7.93. The van der Waals surface area contributed by atoms with Gasteiger partial charge in [0.1, 0.15) is 11.5 Å². The number of carbonyl (C=O) groups excluding carboxylic acids is 2. The number of phenolic OH excluding ortho intramolecular Hbond substituents is 1. The van der Waals surface area contributed by atoms with Gasteiger partial charge in [-0.2, -0.15) is 0 Å². The first kappa shape index (κ1) is 16.5. The molecular weight excluding hydrogens is 326 g/mol. The lowest BCUT2D eigenvalue weighted by Crippen LogP contribution is -2.37. The van der Waals surface area contributed by atoms with Crippen LogP contribution in [0.3, 0.4) is 0 Å². The maximum Gasteiger partial charge on any atom is 0.237 e. The lowest BCUT2D eigenvalue weighted by atomic mass is 10.0. The number of hydrogen-bond donors (Lipinski definition) is 1. The summed E-state index contributed by atoms with van der Waals surface area (Å²) in [6.45, 7) is 0.285. The zero-order chi connectivity index (χ0) is 17.1. The highest BCUT2D eigenvalue weighted by Crippen LogP contribution is 2.29. The molecule has 4 nitrogen and oxygen atoms in total. The zero-order valence-electron chi connectivity index (χ0n) is 13.1.